The fraction of sp³-hybridized carbons (Fsp3) is 0.436. The number of amides is 3. The second kappa shape index (κ2) is 17.0. The van der Waals surface area contributed by atoms with Gasteiger partial charge in [0.2, 0.25) is 11.0 Å². The first-order chi connectivity index (χ1) is 28.3. The Bertz CT molecular complexity index is 2480. The number of aliphatic carboxylic acids is 2. The number of aromatic amines is 1. The number of pyridine rings is 1. The minimum absolute atomic E-state index is 0.0205. The lowest BCUT2D eigenvalue weighted by Crippen LogP contribution is -2.71. The van der Waals surface area contributed by atoms with Gasteiger partial charge in [0.1, 0.15) is 28.4 Å². The molecular weight excluding hydrogens is 839 g/mol. The molecule has 0 spiro atoms. The van der Waals surface area contributed by atoms with Crippen molar-refractivity contribution in [3.05, 3.63) is 56.5 Å². The number of H-pyrrole nitrogens is 1. The van der Waals surface area contributed by atoms with E-state index in [4.69, 9.17) is 20.0 Å². The molecule has 326 valence electrons. The lowest BCUT2D eigenvalue weighted by Gasteiger charge is -2.50. The number of nitrogens with one attached hydrogen (secondary N) is 3. The van der Waals surface area contributed by atoms with Gasteiger partial charge in [-0.1, -0.05) is 12.1 Å². The minimum Gasteiger partial charge on any atom is -0.478 e. The summed E-state index contributed by atoms with van der Waals surface area (Å²) in [5.74, 6) is -7.25. The maximum atomic E-state index is 13.9. The summed E-state index contributed by atoms with van der Waals surface area (Å²) >= 11 is 2.07. The van der Waals surface area contributed by atoms with Crippen molar-refractivity contribution in [2.24, 2.45) is 16.0 Å². The molecule has 3 aromatic rings. The van der Waals surface area contributed by atoms with Gasteiger partial charge < -0.3 is 45.9 Å². The number of nitrogen functional groups attached to an aromatic ring is 1. The van der Waals surface area contributed by atoms with Crippen LogP contribution in [0.3, 0.4) is 0 Å². The number of benzene rings is 1. The first-order valence-electron chi connectivity index (χ1n) is 18.6. The molecule has 0 aliphatic carbocycles. The number of aromatic nitrogens is 2. The van der Waals surface area contributed by atoms with Crippen LogP contribution in [0, 0.1) is 10.8 Å². The number of nitrogens with two attached hydrogens (primary N) is 1. The SMILES string of the molecule is CCC(NC(=O)c1c[nH]c2cc(OC(=O)C(C)(C)C)c(OC(=O)C(C)(C)C)cc2c1=O)C1=C(C(=O)O)N2C(=O)C(NC(=O)/C(=N\OC(C)(C)C(=O)O)c3csc(N)n3)[C@@H]2SC1. The summed E-state index contributed by atoms with van der Waals surface area (Å²) in [5.41, 5.74) is 0.150. The van der Waals surface area contributed by atoms with Gasteiger partial charge in [0.25, 0.3) is 17.7 Å². The topological polar surface area (TPSA) is 299 Å². The highest BCUT2D eigenvalue weighted by atomic mass is 32.2. The van der Waals surface area contributed by atoms with Gasteiger partial charge >= 0.3 is 23.9 Å². The molecule has 0 saturated carbocycles. The van der Waals surface area contributed by atoms with Crippen LogP contribution in [0.5, 0.6) is 11.5 Å². The van der Waals surface area contributed by atoms with Crippen LogP contribution in [-0.4, -0.2) is 101 Å². The number of carboxylic acids is 2. The van der Waals surface area contributed by atoms with E-state index in [1.54, 1.807) is 48.5 Å². The molecule has 2 aromatic heterocycles. The average molecular weight is 884 g/mol. The summed E-state index contributed by atoms with van der Waals surface area (Å²) in [6.45, 7) is 13.8. The van der Waals surface area contributed by atoms with Gasteiger partial charge in [0.05, 0.1) is 27.8 Å². The van der Waals surface area contributed by atoms with E-state index in [0.29, 0.717) is 0 Å². The molecule has 0 bridgehead atoms. The van der Waals surface area contributed by atoms with Crippen molar-refractivity contribution in [1.82, 2.24) is 25.5 Å². The van der Waals surface area contributed by atoms with Crippen molar-refractivity contribution < 1.29 is 58.1 Å². The zero-order chi connectivity index (χ0) is 45.5. The lowest BCUT2D eigenvalue weighted by molar-refractivity contribution is -0.161. The molecule has 0 radical (unpaired) electrons. The molecule has 3 amide bonds. The quantitative estimate of drug-likeness (QED) is 0.0473. The number of rotatable bonds is 13. The summed E-state index contributed by atoms with van der Waals surface area (Å²) < 4.78 is 11.1. The Labute approximate surface area is 356 Å². The molecule has 1 saturated heterocycles. The molecule has 61 heavy (non-hydrogen) atoms. The molecule has 2 aliphatic heterocycles. The standard InChI is InChI=1S/C39H45N7O13S2/c1-10-19(42-28(48)17-13-41-20-12-23(58-35(56)38(5,6)7)22(11-16(20)27(17)47)57-34(55)37(2,3)4)18-14-60-31-25(30(50)46(31)26(18)32(51)52)44-29(49)24(21-15-61-36(40)43-21)45-59-39(8,9)33(53)54/h11-13,15,19,25,31H,10,14H2,1-9H3,(H2,40,43)(H,41,47)(H,42,48)(H,44,49)(H,51,52)(H,53,54)/b45-24-/t19?,25?,31-/m0/s1. The van der Waals surface area contributed by atoms with E-state index in [2.05, 4.69) is 25.8 Å². The molecule has 1 fully saturated rings. The molecular formula is C39H45N7O13S2. The average Bonchev–Trinajstić information content (AvgIpc) is 3.60. The highest BCUT2D eigenvalue weighted by Gasteiger charge is 2.55. The number of hydrogen-bond donors (Lipinski definition) is 6. The largest absolute Gasteiger partial charge is 0.478 e. The van der Waals surface area contributed by atoms with Gasteiger partial charge in [-0.3, -0.25) is 33.7 Å². The molecule has 5 rings (SSSR count). The van der Waals surface area contributed by atoms with Gasteiger partial charge in [-0.05, 0) is 73.5 Å². The van der Waals surface area contributed by atoms with Crippen molar-refractivity contribution >= 4 is 86.4 Å². The molecule has 2 aliphatic rings. The van der Waals surface area contributed by atoms with Crippen LogP contribution in [0.2, 0.25) is 0 Å². The van der Waals surface area contributed by atoms with Crippen LogP contribution >= 0.6 is 23.1 Å². The van der Waals surface area contributed by atoms with E-state index >= 15 is 0 Å². The zero-order valence-electron chi connectivity index (χ0n) is 34.6. The molecule has 3 atom stereocenters. The third kappa shape index (κ3) is 9.54. The molecule has 1 aromatic carbocycles. The number of hydrogen-bond acceptors (Lipinski definition) is 16. The number of β-lactam (4-membered cyclic amide) rings is 1. The highest BCUT2D eigenvalue weighted by molar-refractivity contribution is 8.00. The molecule has 2 unspecified atom stereocenters. The van der Waals surface area contributed by atoms with Gasteiger partial charge in [-0.25, -0.2) is 14.6 Å². The van der Waals surface area contributed by atoms with E-state index in [-0.39, 0.29) is 56.5 Å². The van der Waals surface area contributed by atoms with E-state index in [1.807, 2.05) is 0 Å². The fourth-order valence-electron chi connectivity index (χ4n) is 5.65. The Morgan fingerprint density at radius 3 is 2.13 bits per heavy atom. The van der Waals surface area contributed by atoms with Crippen LogP contribution in [0.15, 0.2) is 44.9 Å². The van der Waals surface area contributed by atoms with Crippen LogP contribution in [0.1, 0.15) is 84.8 Å². The molecule has 20 nitrogen and oxygen atoms in total. The molecule has 22 heteroatoms. The van der Waals surface area contributed by atoms with E-state index in [0.717, 1.165) is 34.2 Å². The Kier molecular flexibility index (Phi) is 12.8. The Morgan fingerprint density at radius 2 is 1.61 bits per heavy atom. The van der Waals surface area contributed by atoms with Gasteiger partial charge in [-0.15, -0.1) is 23.1 Å². The summed E-state index contributed by atoms with van der Waals surface area (Å²) in [6, 6.07) is 0.251. The number of fused-ring (bicyclic) bond motifs is 2. The third-order valence-electron chi connectivity index (χ3n) is 9.30. The number of oxime groups is 1. The summed E-state index contributed by atoms with van der Waals surface area (Å²) in [6.07, 6.45) is 1.27. The first-order valence-corrected chi connectivity index (χ1v) is 20.6. The maximum Gasteiger partial charge on any atom is 0.352 e. The number of nitrogens with zero attached hydrogens (tertiary/aromatic N) is 3. The fourth-order valence-corrected chi connectivity index (χ4v) is 7.62. The number of esters is 2. The Balaban J connectivity index is 1.41. The minimum atomic E-state index is -1.85. The summed E-state index contributed by atoms with van der Waals surface area (Å²) in [7, 11) is 0. The van der Waals surface area contributed by atoms with Crippen molar-refractivity contribution in [3.63, 3.8) is 0 Å². The number of ether oxygens (including phenoxy) is 2. The second-order valence-corrected chi connectivity index (χ2v) is 18.5. The van der Waals surface area contributed by atoms with Crippen LogP contribution in [0.4, 0.5) is 5.13 Å². The van der Waals surface area contributed by atoms with Gasteiger partial charge in [0.15, 0.2) is 22.3 Å². The van der Waals surface area contributed by atoms with Crippen LogP contribution in [-0.2, 0) is 33.6 Å². The predicted molar refractivity (Wildman–Crippen MR) is 222 cm³/mol. The van der Waals surface area contributed by atoms with E-state index in [1.165, 1.54) is 31.4 Å². The van der Waals surface area contributed by atoms with Gasteiger partial charge in [0, 0.05) is 23.4 Å². The smallest absolute Gasteiger partial charge is 0.352 e. The summed E-state index contributed by atoms with van der Waals surface area (Å²) in [5, 5.41) is 29.2. The number of thiazole rings is 1. The first kappa shape index (κ1) is 45.8. The van der Waals surface area contributed by atoms with E-state index < -0.39 is 92.3 Å². The number of anilines is 1. The van der Waals surface area contributed by atoms with Crippen LogP contribution < -0.4 is 31.3 Å². The predicted octanol–water partition coefficient (Wildman–Crippen LogP) is 3.00. The van der Waals surface area contributed by atoms with Crippen molar-refractivity contribution in [3.8, 4) is 11.5 Å². The van der Waals surface area contributed by atoms with Crippen molar-refractivity contribution in [1.29, 1.82) is 0 Å². The van der Waals surface area contributed by atoms with Gasteiger partial charge in [-0.2, -0.15) is 0 Å². The molecule has 7 N–H and O–H groups in total. The maximum absolute atomic E-state index is 13.9. The normalized spacial score (nSPS) is 17.5. The number of carbonyl (C=O) groups excluding carboxylic acids is 5. The van der Waals surface area contributed by atoms with Crippen LogP contribution in [0.25, 0.3) is 10.9 Å². The Morgan fingerprint density at radius 1 is 1.00 bits per heavy atom. The third-order valence-corrected chi connectivity index (χ3v) is 11.3. The van der Waals surface area contributed by atoms with E-state index in [9.17, 15) is 48.6 Å². The zero-order valence-corrected chi connectivity index (χ0v) is 36.2. The highest BCUT2D eigenvalue weighted by Crippen LogP contribution is 2.42. The van der Waals surface area contributed by atoms with Crippen molar-refractivity contribution in [2.45, 2.75) is 91.8 Å². The monoisotopic (exact) mass is 883 g/mol. The lowest BCUT2D eigenvalue weighted by atomic mass is 9.97. The summed E-state index contributed by atoms with van der Waals surface area (Å²) in [4.78, 5) is 118. The number of thioether (sulfide) groups is 1. The van der Waals surface area contributed by atoms with Crippen molar-refractivity contribution in [2.75, 3.05) is 11.5 Å². The Hall–Kier alpha value is -6.29. The second-order valence-electron chi connectivity index (χ2n) is 16.5. The number of carboxylic acid groups (broad SMARTS) is 2. The molecule has 4 heterocycles. The number of carbonyl (C=O) groups is 7.